The number of carbonyl (C=O) groups is 1. The highest BCUT2D eigenvalue weighted by atomic mass is 19.3. The molecule has 0 radical (unpaired) electrons. The minimum absolute atomic E-state index is 0.0530. The van der Waals surface area contributed by atoms with E-state index in [1.807, 2.05) is 0 Å². The van der Waals surface area contributed by atoms with E-state index in [0.29, 0.717) is 0 Å². The van der Waals surface area contributed by atoms with E-state index in [4.69, 9.17) is 10.8 Å². The van der Waals surface area contributed by atoms with Gasteiger partial charge in [0.1, 0.15) is 11.6 Å². The van der Waals surface area contributed by atoms with Gasteiger partial charge in [0, 0.05) is 12.7 Å². The lowest BCUT2D eigenvalue weighted by Crippen LogP contribution is -2.22. The van der Waals surface area contributed by atoms with E-state index in [9.17, 15) is 13.6 Å². The van der Waals surface area contributed by atoms with E-state index in [0.717, 1.165) is 12.4 Å². The van der Waals surface area contributed by atoms with Crippen LogP contribution in [0.25, 0.3) is 0 Å². The average molecular weight is 217 g/mol. The average Bonchev–Trinajstić information content (AvgIpc) is 2.18. The topological polar surface area (TPSA) is 89.1 Å². The van der Waals surface area contributed by atoms with E-state index >= 15 is 0 Å². The molecule has 0 fully saturated rings. The van der Waals surface area contributed by atoms with Crippen LogP contribution < -0.4 is 5.73 Å². The minimum Gasteiger partial charge on any atom is -0.481 e. The number of hydrogen-bond acceptors (Lipinski definition) is 4. The summed E-state index contributed by atoms with van der Waals surface area (Å²) in [5, 5.41) is 8.72. The van der Waals surface area contributed by atoms with Crippen LogP contribution in [0.5, 0.6) is 0 Å². The van der Waals surface area contributed by atoms with Crippen molar-refractivity contribution in [3.05, 3.63) is 23.8 Å². The summed E-state index contributed by atoms with van der Waals surface area (Å²) in [4.78, 5) is 17.7. The minimum atomic E-state index is -2.77. The van der Waals surface area contributed by atoms with Crippen LogP contribution in [-0.2, 0) is 4.79 Å². The van der Waals surface area contributed by atoms with Crippen LogP contribution in [0.3, 0.4) is 0 Å². The van der Waals surface area contributed by atoms with Gasteiger partial charge >= 0.3 is 5.97 Å². The van der Waals surface area contributed by atoms with Gasteiger partial charge in [-0.05, 0) is 0 Å². The van der Waals surface area contributed by atoms with Crippen molar-refractivity contribution in [2.45, 2.75) is 12.3 Å². The van der Waals surface area contributed by atoms with Crippen LogP contribution >= 0.6 is 0 Å². The van der Waals surface area contributed by atoms with Crippen molar-refractivity contribution in [2.24, 2.45) is 5.73 Å². The number of nitrogens with zero attached hydrogens (tertiary/aromatic N) is 2. The largest absolute Gasteiger partial charge is 0.481 e. The second-order valence-corrected chi connectivity index (χ2v) is 2.80. The zero-order valence-corrected chi connectivity index (χ0v) is 7.60. The van der Waals surface area contributed by atoms with Crippen LogP contribution in [0, 0.1) is 0 Å². The number of alkyl halides is 2. The maximum Gasteiger partial charge on any atom is 0.313 e. The predicted octanol–water partition coefficient (Wildman–Crippen LogP) is 0.541. The van der Waals surface area contributed by atoms with Crippen molar-refractivity contribution in [1.29, 1.82) is 0 Å². The molecule has 0 aliphatic carbocycles. The zero-order chi connectivity index (χ0) is 11.4. The fourth-order valence-electron chi connectivity index (χ4n) is 1.02. The van der Waals surface area contributed by atoms with E-state index < -0.39 is 24.0 Å². The van der Waals surface area contributed by atoms with E-state index in [1.165, 1.54) is 0 Å². The summed E-state index contributed by atoms with van der Waals surface area (Å²) in [5.41, 5.74) is 4.59. The monoisotopic (exact) mass is 217 g/mol. The Kier molecular flexibility index (Phi) is 3.62. The molecule has 1 heterocycles. The highest BCUT2D eigenvalue weighted by Gasteiger charge is 2.21. The highest BCUT2D eigenvalue weighted by molar-refractivity contribution is 5.75. The van der Waals surface area contributed by atoms with Crippen LogP contribution in [0.4, 0.5) is 8.78 Å². The normalized spacial score (nSPS) is 12.8. The molecule has 1 aromatic rings. The van der Waals surface area contributed by atoms with Gasteiger partial charge in [0.25, 0.3) is 6.43 Å². The van der Waals surface area contributed by atoms with Crippen molar-refractivity contribution in [2.75, 3.05) is 6.54 Å². The second-order valence-electron chi connectivity index (χ2n) is 2.80. The Hall–Kier alpha value is -1.63. The molecule has 82 valence electrons. The molecule has 0 bridgehead atoms. The number of halogens is 2. The van der Waals surface area contributed by atoms with Gasteiger partial charge in [-0.2, -0.15) is 0 Å². The Bertz CT molecular complexity index is 359. The third-order valence-corrected chi connectivity index (χ3v) is 1.79. The summed E-state index contributed by atoms with van der Waals surface area (Å²) in [7, 11) is 0. The fraction of sp³-hybridized carbons (Fsp3) is 0.375. The summed E-state index contributed by atoms with van der Waals surface area (Å²) in [6.07, 6.45) is -0.758. The Morgan fingerprint density at radius 1 is 1.47 bits per heavy atom. The molecular weight excluding hydrogens is 208 g/mol. The number of hydrogen-bond donors (Lipinski definition) is 2. The Labute approximate surface area is 84.0 Å². The molecule has 3 N–H and O–H groups in total. The van der Waals surface area contributed by atoms with Crippen LogP contribution in [0.15, 0.2) is 12.4 Å². The van der Waals surface area contributed by atoms with Gasteiger partial charge in [-0.15, -0.1) is 0 Å². The lowest BCUT2D eigenvalue weighted by Gasteiger charge is -2.09. The number of carboxylic acid groups (broad SMARTS) is 1. The van der Waals surface area contributed by atoms with E-state index in [-0.39, 0.29) is 12.2 Å². The van der Waals surface area contributed by atoms with Gasteiger partial charge in [0.15, 0.2) is 0 Å². The van der Waals surface area contributed by atoms with Crippen LogP contribution in [-0.4, -0.2) is 27.6 Å². The van der Waals surface area contributed by atoms with Crippen molar-refractivity contribution in [3.63, 3.8) is 0 Å². The molecule has 5 nitrogen and oxygen atoms in total. The smallest absolute Gasteiger partial charge is 0.313 e. The SMILES string of the molecule is NCC(C(=O)O)c1cncc(C(F)F)n1. The third-order valence-electron chi connectivity index (χ3n) is 1.79. The fourth-order valence-corrected chi connectivity index (χ4v) is 1.02. The molecule has 1 atom stereocenters. The predicted molar refractivity (Wildman–Crippen MR) is 46.4 cm³/mol. The molecule has 0 saturated heterocycles. The van der Waals surface area contributed by atoms with Gasteiger partial charge in [-0.1, -0.05) is 0 Å². The maximum absolute atomic E-state index is 12.2. The van der Waals surface area contributed by atoms with Crippen LogP contribution in [0.1, 0.15) is 23.7 Å². The molecule has 0 spiro atoms. The molecule has 0 aliphatic rings. The molecular formula is C8H9F2N3O2. The standard InChI is InChI=1S/C8H9F2N3O2/c9-7(10)6-3-12-2-5(13-6)4(1-11)8(14)15/h2-4,7H,1,11H2,(H,14,15). The number of rotatable bonds is 4. The summed E-state index contributed by atoms with van der Waals surface area (Å²) in [6, 6.07) is 0. The van der Waals surface area contributed by atoms with Gasteiger partial charge in [0.05, 0.1) is 11.9 Å². The van der Waals surface area contributed by atoms with Crippen molar-refractivity contribution in [1.82, 2.24) is 9.97 Å². The summed E-state index contributed by atoms with van der Waals surface area (Å²) < 4.78 is 24.5. The Balaban J connectivity index is 3.03. The molecule has 1 aromatic heterocycles. The quantitative estimate of drug-likeness (QED) is 0.768. The molecule has 0 aliphatic heterocycles. The van der Waals surface area contributed by atoms with Crippen molar-refractivity contribution >= 4 is 5.97 Å². The molecule has 0 aromatic carbocycles. The number of aliphatic carboxylic acids is 1. The first-order valence-corrected chi connectivity index (χ1v) is 4.09. The summed E-state index contributed by atoms with van der Waals surface area (Å²) in [6.45, 7) is -0.212. The third kappa shape index (κ3) is 2.66. The van der Waals surface area contributed by atoms with Crippen LogP contribution in [0.2, 0.25) is 0 Å². The van der Waals surface area contributed by atoms with Gasteiger partial charge in [-0.25, -0.2) is 13.8 Å². The first-order chi connectivity index (χ1) is 7.06. The molecule has 1 unspecified atom stereocenters. The highest BCUT2D eigenvalue weighted by Crippen LogP contribution is 2.18. The lowest BCUT2D eigenvalue weighted by molar-refractivity contribution is -0.138. The summed E-state index contributed by atoms with van der Waals surface area (Å²) >= 11 is 0. The van der Waals surface area contributed by atoms with Crippen molar-refractivity contribution < 1.29 is 18.7 Å². The first-order valence-electron chi connectivity index (χ1n) is 4.09. The lowest BCUT2D eigenvalue weighted by atomic mass is 10.1. The molecule has 1 rings (SSSR count). The molecule has 7 heteroatoms. The molecule has 0 saturated carbocycles. The van der Waals surface area contributed by atoms with Gasteiger partial charge in [-0.3, -0.25) is 9.78 Å². The maximum atomic E-state index is 12.2. The molecule has 15 heavy (non-hydrogen) atoms. The Morgan fingerprint density at radius 3 is 2.53 bits per heavy atom. The zero-order valence-electron chi connectivity index (χ0n) is 7.60. The number of nitrogens with two attached hydrogens (primary N) is 1. The second kappa shape index (κ2) is 4.74. The van der Waals surface area contributed by atoms with Gasteiger partial charge in [0.2, 0.25) is 0 Å². The van der Waals surface area contributed by atoms with E-state index in [2.05, 4.69) is 9.97 Å². The van der Waals surface area contributed by atoms with E-state index in [1.54, 1.807) is 0 Å². The van der Waals surface area contributed by atoms with Gasteiger partial charge < -0.3 is 10.8 Å². The summed E-state index contributed by atoms with van der Waals surface area (Å²) in [5.74, 6) is -2.31. The number of carboxylic acids is 1. The number of aromatic nitrogens is 2. The Morgan fingerprint density at radius 2 is 2.07 bits per heavy atom. The first kappa shape index (κ1) is 11.4. The molecule has 0 amide bonds. The van der Waals surface area contributed by atoms with Crippen molar-refractivity contribution in [3.8, 4) is 0 Å².